The van der Waals surface area contributed by atoms with Gasteiger partial charge in [0, 0.05) is 0 Å². The molecule has 0 radical (unpaired) electrons. The summed E-state index contributed by atoms with van der Waals surface area (Å²) >= 11 is 0. The Bertz CT molecular complexity index is 312. The summed E-state index contributed by atoms with van der Waals surface area (Å²) in [6.07, 6.45) is 2.49. The van der Waals surface area contributed by atoms with Crippen LogP contribution in [0.3, 0.4) is 0 Å². The summed E-state index contributed by atoms with van der Waals surface area (Å²) in [6, 6.07) is 8.57. The minimum absolute atomic E-state index is 0.344. The number of nitrogens with one attached hydrogen (secondary N) is 1. The van der Waals surface area contributed by atoms with Crippen molar-refractivity contribution >= 4 is 0 Å². The highest BCUT2D eigenvalue weighted by atomic mass is 16.5. The van der Waals surface area contributed by atoms with Crippen LogP contribution in [0.2, 0.25) is 0 Å². The van der Waals surface area contributed by atoms with Gasteiger partial charge in [-0.1, -0.05) is 38.1 Å². The van der Waals surface area contributed by atoms with Gasteiger partial charge < -0.3 is 10.1 Å². The number of hydrogen-bond acceptors (Lipinski definition) is 2. The average molecular weight is 235 g/mol. The smallest absolute Gasteiger partial charge is 0.0723 e. The van der Waals surface area contributed by atoms with Crippen LogP contribution >= 0.6 is 0 Å². The van der Waals surface area contributed by atoms with Crippen molar-refractivity contribution in [2.45, 2.75) is 46.3 Å². The topological polar surface area (TPSA) is 21.3 Å². The van der Waals surface area contributed by atoms with E-state index in [2.05, 4.69) is 50.4 Å². The first kappa shape index (κ1) is 14.2. The van der Waals surface area contributed by atoms with Gasteiger partial charge in [0.05, 0.1) is 12.7 Å². The number of rotatable bonds is 8. The summed E-state index contributed by atoms with van der Waals surface area (Å²) in [6.45, 7) is 9.22. The first-order chi connectivity index (χ1) is 8.27. The molecular weight excluding hydrogens is 210 g/mol. The molecular formula is C15H25NO. The Morgan fingerprint density at radius 3 is 2.53 bits per heavy atom. The van der Waals surface area contributed by atoms with Crippen molar-refractivity contribution in [3.05, 3.63) is 35.4 Å². The van der Waals surface area contributed by atoms with Gasteiger partial charge in [0.15, 0.2) is 0 Å². The summed E-state index contributed by atoms with van der Waals surface area (Å²) in [4.78, 5) is 0. The minimum atomic E-state index is 0.344. The minimum Gasteiger partial charge on any atom is -0.374 e. The van der Waals surface area contributed by atoms with E-state index < -0.39 is 0 Å². The maximum absolute atomic E-state index is 5.80. The van der Waals surface area contributed by atoms with Crippen molar-refractivity contribution in [1.29, 1.82) is 0 Å². The number of ether oxygens (including phenoxy) is 1. The molecule has 2 nitrogen and oxygen atoms in total. The van der Waals surface area contributed by atoms with E-state index in [4.69, 9.17) is 4.74 Å². The van der Waals surface area contributed by atoms with E-state index >= 15 is 0 Å². The van der Waals surface area contributed by atoms with Crippen LogP contribution in [0.1, 0.15) is 38.3 Å². The molecule has 0 fully saturated rings. The molecule has 0 spiro atoms. The Morgan fingerprint density at radius 1 is 1.18 bits per heavy atom. The fourth-order valence-corrected chi connectivity index (χ4v) is 1.69. The summed E-state index contributed by atoms with van der Waals surface area (Å²) in [5.41, 5.74) is 2.72. The highest BCUT2D eigenvalue weighted by Crippen LogP contribution is 2.12. The molecule has 0 aliphatic carbocycles. The molecule has 1 aromatic rings. The van der Waals surface area contributed by atoms with Crippen LogP contribution in [0.25, 0.3) is 0 Å². The second-order valence-corrected chi connectivity index (χ2v) is 4.40. The van der Waals surface area contributed by atoms with Gasteiger partial charge in [0.1, 0.15) is 0 Å². The van der Waals surface area contributed by atoms with E-state index in [1.54, 1.807) is 0 Å². The zero-order valence-corrected chi connectivity index (χ0v) is 11.3. The lowest BCUT2D eigenvalue weighted by Gasteiger charge is -2.13. The summed E-state index contributed by atoms with van der Waals surface area (Å²) in [7, 11) is 0. The quantitative estimate of drug-likeness (QED) is 0.699. The molecule has 0 aromatic heterocycles. The van der Waals surface area contributed by atoms with Crippen LogP contribution in [-0.2, 0) is 17.8 Å². The van der Waals surface area contributed by atoms with Gasteiger partial charge in [-0.25, -0.2) is 0 Å². The van der Waals surface area contributed by atoms with Crippen LogP contribution in [0.15, 0.2) is 24.3 Å². The Morgan fingerprint density at radius 2 is 1.88 bits per heavy atom. The molecule has 0 aliphatic rings. The van der Waals surface area contributed by atoms with Gasteiger partial charge in [0.2, 0.25) is 0 Å². The SMILES string of the molecule is CCNCCc1ccccc1COC(C)CC. The lowest BCUT2D eigenvalue weighted by molar-refractivity contribution is 0.0504. The molecule has 96 valence electrons. The third-order valence-electron chi connectivity index (χ3n) is 3.04. The predicted molar refractivity (Wildman–Crippen MR) is 73.2 cm³/mol. The van der Waals surface area contributed by atoms with Crippen molar-refractivity contribution in [1.82, 2.24) is 5.32 Å². The lowest BCUT2D eigenvalue weighted by atomic mass is 10.1. The molecule has 0 amide bonds. The van der Waals surface area contributed by atoms with Gasteiger partial charge in [-0.3, -0.25) is 0 Å². The molecule has 1 rings (SSSR count). The zero-order chi connectivity index (χ0) is 12.5. The number of likely N-dealkylation sites (N-methyl/N-ethyl adjacent to an activating group) is 1. The van der Waals surface area contributed by atoms with Crippen LogP contribution in [0.4, 0.5) is 0 Å². The van der Waals surface area contributed by atoms with Gasteiger partial charge in [0.25, 0.3) is 0 Å². The highest BCUT2D eigenvalue weighted by molar-refractivity contribution is 5.26. The monoisotopic (exact) mass is 235 g/mol. The summed E-state index contributed by atoms with van der Waals surface area (Å²) in [5, 5.41) is 3.36. The average Bonchev–Trinajstić information content (AvgIpc) is 2.37. The predicted octanol–water partition coefficient (Wildman–Crippen LogP) is 3.15. The van der Waals surface area contributed by atoms with Crippen molar-refractivity contribution < 1.29 is 4.74 Å². The molecule has 1 N–H and O–H groups in total. The lowest BCUT2D eigenvalue weighted by Crippen LogP contribution is -2.17. The van der Waals surface area contributed by atoms with Gasteiger partial charge in [-0.15, -0.1) is 0 Å². The second-order valence-electron chi connectivity index (χ2n) is 4.40. The van der Waals surface area contributed by atoms with Crippen molar-refractivity contribution in [3.63, 3.8) is 0 Å². The molecule has 0 heterocycles. The summed E-state index contributed by atoms with van der Waals surface area (Å²) < 4.78 is 5.80. The van der Waals surface area contributed by atoms with Crippen molar-refractivity contribution in [3.8, 4) is 0 Å². The Labute approximate surface area is 105 Å². The molecule has 0 aliphatic heterocycles. The molecule has 2 heteroatoms. The van der Waals surface area contributed by atoms with Crippen molar-refractivity contribution in [2.24, 2.45) is 0 Å². The van der Waals surface area contributed by atoms with Crippen LogP contribution in [0, 0.1) is 0 Å². The Hall–Kier alpha value is -0.860. The molecule has 1 aromatic carbocycles. The van der Waals surface area contributed by atoms with Gasteiger partial charge >= 0.3 is 0 Å². The maximum atomic E-state index is 5.80. The van der Waals surface area contributed by atoms with Crippen LogP contribution < -0.4 is 5.32 Å². The molecule has 0 bridgehead atoms. The molecule has 1 unspecified atom stereocenters. The number of benzene rings is 1. The fraction of sp³-hybridized carbons (Fsp3) is 0.600. The molecule has 1 atom stereocenters. The van der Waals surface area contributed by atoms with Crippen molar-refractivity contribution in [2.75, 3.05) is 13.1 Å². The standard InChI is InChI=1S/C15H25NO/c1-4-13(3)17-12-15-9-7-6-8-14(15)10-11-16-5-2/h6-9,13,16H,4-5,10-12H2,1-3H3. The first-order valence-electron chi connectivity index (χ1n) is 6.67. The normalized spacial score (nSPS) is 12.6. The molecule has 0 saturated carbocycles. The largest absolute Gasteiger partial charge is 0.374 e. The first-order valence-corrected chi connectivity index (χ1v) is 6.67. The van der Waals surface area contributed by atoms with Crippen LogP contribution in [0.5, 0.6) is 0 Å². The second kappa shape index (κ2) is 8.26. The van der Waals surface area contributed by atoms with E-state index in [0.29, 0.717) is 6.10 Å². The van der Waals surface area contributed by atoms with Crippen LogP contribution in [-0.4, -0.2) is 19.2 Å². The van der Waals surface area contributed by atoms with Gasteiger partial charge in [-0.05, 0) is 44.0 Å². The zero-order valence-electron chi connectivity index (χ0n) is 11.3. The number of hydrogen-bond donors (Lipinski definition) is 1. The van der Waals surface area contributed by atoms with E-state index in [-0.39, 0.29) is 0 Å². The molecule has 17 heavy (non-hydrogen) atoms. The van der Waals surface area contributed by atoms with E-state index in [9.17, 15) is 0 Å². The fourth-order valence-electron chi connectivity index (χ4n) is 1.69. The Balaban J connectivity index is 2.51. The maximum Gasteiger partial charge on any atom is 0.0723 e. The van der Waals surface area contributed by atoms with Gasteiger partial charge in [-0.2, -0.15) is 0 Å². The van der Waals surface area contributed by atoms with E-state index in [0.717, 1.165) is 32.5 Å². The third-order valence-corrected chi connectivity index (χ3v) is 3.04. The highest BCUT2D eigenvalue weighted by Gasteiger charge is 2.04. The van der Waals surface area contributed by atoms with E-state index in [1.165, 1.54) is 11.1 Å². The van der Waals surface area contributed by atoms with E-state index in [1.807, 2.05) is 0 Å². The third kappa shape index (κ3) is 5.33. The summed E-state index contributed by atoms with van der Waals surface area (Å²) in [5.74, 6) is 0. The Kier molecular flexibility index (Phi) is 6.90. The molecule has 0 saturated heterocycles.